The summed E-state index contributed by atoms with van der Waals surface area (Å²) in [5.41, 5.74) is 1.87. The van der Waals surface area contributed by atoms with Gasteiger partial charge in [0.25, 0.3) is 0 Å². The Kier molecular flexibility index (Phi) is 7.03. The number of hydrogen-bond donors (Lipinski definition) is 3. The number of hydrogen-bond acceptors (Lipinski definition) is 4. The summed E-state index contributed by atoms with van der Waals surface area (Å²) in [4.78, 5) is 30.0. The molecule has 10 heteroatoms. The van der Waals surface area contributed by atoms with Crippen molar-refractivity contribution in [1.82, 2.24) is 25.2 Å². The highest BCUT2D eigenvalue weighted by molar-refractivity contribution is 6.00. The van der Waals surface area contributed by atoms with E-state index in [1.807, 2.05) is 11.0 Å². The molecule has 3 N–H and O–H groups in total. The number of anilines is 1. The molecule has 2 amide bonds. The van der Waals surface area contributed by atoms with Crippen molar-refractivity contribution >= 4 is 28.6 Å². The summed E-state index contributed by atoms with van der Waals surface area (Å²) in [6.07, 6.45) is 7.94. The highest BCUT2D eigenvalue weighted by Gasteiger charge is 2.29. The number of benzene rings is 1. The SMILES string of the molecule is [C-]#[N+]c1c(-c2c[nH]c3ncc(F)cc23)nc(NC2CCCC(NC(=O)N3CCCC3)C2)c(F)c1-c1ccccc1. The lowest BCUT2D eigenvalue weighted by Gasteiger charge is -2.32. The van der Waals surface area contributed by atoms with Gasteiger partial charge in [-0.3, -0.25) is 0 Å². The molecular weight excluding hydrogens is 512 g/mol. The summed E-state index contributed by atoms with van der Waals surface area (Å²) in [6, 6.07) is 10.0. The van der Waals surface area contributed by atoms with Crippen LogP contribution in [0.25, 0.3) is 38.3 Å². The van der Waals surface area contributed by atoms with Gasteiger partial charge in [0.05, 0.1) is 18.5 Å². The van der Waals surface area contributed by atoms with Crippen LogP contribution in [-0.4, -0.2) is 51.1 Å². The second-order valence-corrected chi connectivity index (χ2v) is 10.4. The molecule has 0 spiro atoms. The number of urea groups is 1. The molecule has 0 bridgehead atoms. The number of aromatic amines is 1. The normalized spacial score (nSPS) is 19.0. The standard InChI is InChI=1S/C30H29F2N7O/c1-33-27-24(18-8-3-2-4-9-18)25(32)29(38-26(27)23-17-35-28-22(23)14-19(31)16-34-28)36-20-10-7-11-21(15-20)37-30(40)39-12-5-6-13-39/h2-4,8-9,14,16-17,20-21H,5-7,10-13,15H2,(H,34,35)(H,36,38)(H,37,40). The van der Waals surface area contributed by atoms with Gasteiger partial charge >= 0.3 is 6.03 Å². The predicted molar refractivity (Wildman–Crippen MR) is 150 cm³/mol. The number of rotatable bonds is 5. The molecule has 8 nitrogen and oxygen atoms in total. The largest absolute Gasteiger partial charge is 0.365 e. The first-order chi connectivity index (χ1) is 19.5. The molecule has 2 unspecified atom stereocenters. The van der Waals surface area contributed by atoms with E-state index in [1.54, 1.807) is 30.5 Å². The van der Waals surface area contributed by atoms with Crippen LogP contribution in [0.15, 0.2) is 48.8 Å². The van der Waals surface area contributed by atoms with Crippen molar-refractivity contribution in [2.45, 2.75) is 50.6 Å². The highest BCUT2D eigenvalue weighted by Crippen LogP contribution is 2.44. The van der Waals surface area contributed by atoms with Crippen molar-refractivity contribution < 1.29 is 13.6 Å². The lowest BCUT2D eigenvalue weighted by atomic mass is 9.91. The number of H-pyrrole nitrogens is 1. The van der Waals surface area contributed by atoms with Crippen LogP contribution in [0.1, 0.15) is 38.5 Å². The lowest BCUT2D eigenvalue weighted by molar-refractivity contribution is 0.199. The third kappa shape index (κ3) is 4.95. The monoisotopic (exact) mass is 541 g/mol. The molecule has 1 saturated heterocycles. The number of carbonyl (C=O) groups excluding carboxylic acids is 1. The van der Waals surface area contributed by atoms with E-state index < -0.39 is 11.6 Å². The molecule has 2 aliphatic rings. The molecule has 0 radical (unpaired) electrons. The fourth-order valence-electron chi connectivity index (χ4n) is 5.82. The Morgan fingerprint density at radius 2 is 1.88 bits per heavy atom. The van der Waals surface area contributed by atoms with Crippen molar-refractivity contribution in [3.8, 4) is 22.4 Å². The molecule has 1 aromatic carbocycles. The number of carbonyl (C=O) groups is 1. The zero-order chi connectivity index (χ0) is 27.6. The summed E-state index contributed by atoms with van der Waals surface area (Å²) in [6.45, 7) is 9.52. The van der Waals surface area contributed by atoms with Crippen molar-refractivity contribution in [1.29, 1.82) is 0 Å². The number of pyridine rings is 2. The maximum absolute atomic E-state index is 16.2. The molecule has 2 atom stereocenters. The third-order valence-electron chi connectivity index (χ3n) is 7.78. The Hall–Kier alpha value is -4.52. The first-order valence-electron chi connectivity index (χ1n) is 13.6. The van der Waals surface area contributed by atoms with E-state index in [4.69, 9.17) is 6.57 Å². The number of fused-ring (bicyclic) bond motifs is 1. The van der Waals surface area contributed by atoms with Gasteiger partial charge in [-0.2, -0.15) is 0 Å². The van der Waals surface area contributed by atoms with Crippen molar-refractivity contribution in [3.63, 3.8) is 0 Å². The first-order valence-corrected chi connectivity index (χ1v) is 13.6. The van der Waals surface area contributed by atoms with E-state index in [9.17, 15) is 9.18 Å². The van der Waals surface area contributed by atoms with E-state index in [-0.39, 0.29) is 40.9 Å². The van der Waals surface area contributed by atoms with Gasteiger partial charge in [0.2, 0.25) is 5.69 Å². The molecule has 3 aromatic heterocycles. The van der Waals surface area contributed by atoms with Crippen LogP contribution < -0.4 is 10.6 Å². The van der Waals surface area contributed by atoms with Gasteiger partial charge in [0, 0.05) is 47.9 Å². The van der Waals surface area contributed by atoms with Gasteiger partial charge in [0.15, 0.2) is 11.6 Å². The Balaban J connectivity index is 1.38. The fraction of sp³-hybridized carbons (Fsp3) is 0.333. The highest BCUT2D eigenvalue weighted by atomic mass is 19.1. The Labute approximate surface area is 230 Å². The van der Waals surface area contributed by atoms with Gasteiger partial charge in [-0.25, -0.2) is 28.4 Å². The minimum atomic E-state index is -0.617. The minimum absolute atomic E-state index is 0.0245. The lowest BCUT2D eigenvalue weighted by Crippen LogP contribution is -2.47. The molecule has 1 aliphatic carbocycles. The Morgan fingerprint density at radius 3 is 2.65 bits per heavy atom. The van der Waals surface area contributed by atoms with Gasteiger partial charge < -0.3 is 20.5 Å². The molecule has 2 fully saturated rings. The maximum atomic E-state index is 16.2. The van der Waals surface area contributed by atoms with E-state index >= 15 is 4.39 Å². The number of likely N-dealkylation sites (tertiary alicyclic amines) is 1. The molecule has 204 valence electrons. The average Bonchev–Trinajstić information content (AvgIpc) is 3.65. The molecule has 40 heavy (non-hydrogen) atoms. The first kappa shape index (κ1) is 25.7. The number of aromatic nitrogens is 3. The van der Waals surface area contributed by atoms with Crippen LogP contribution in [0.5, 0.6) is 0 Å². The number of halogens is 2. The van der Waals surface area contributed by atoms with Gasteiger partial charge in [-0.05, 0) is 50.2 Å². The summed E-state index contributed by atoms with van der Waals surface area (Å²) >= 11 is 0. The smallest absolute Gasteiger partial charge is 0.317 e. The van der Waals surface area contributed by atoms with Crippen molar-refractivity contribution in [3.05, 3.63) is 71.8 Å². The van der Waals surface area contributed by atoms with Crippen LogP contribution in [0.4, 0.5) is 25.1 Å². The van der Waals surface area contributed by atoms with Crippen LogP contribution >= 0.6 is 0 Å². The second-order valence-electron chi connectivity index (χ2n) is 10.4. The van der Waals surface area contributed by atoms with Gasteiger partial charge in [0.1, 0.15) is 11.5 Å². The summed E-state index contributed by atoms with van der Waals surface area (Å²) in [5, 5.41) is 6.90. The van der Waals surface area contributed by atoms with Crippen LogP contribution in [0.2, 0.25) is 0 Å². The minimum Gasteiger partial charge on any atom is -0.365 e. The number of nitrogens with zero attached hydrogens (tertiary/aromatic N) is 4. The summed E-state index contributed by atoms with van der Waals surface area (Å²) < 4.78 is 30.4. The van der Waals surface area contributed by atoms with Gasteiger partial charge in [-0.15, -0.1) is 0 Å². The van der Waals surface area contributed by atoms with Crippen LogP contribution in [0.3, 0.4) is 0 Å². The van der Waals surface area contributed by atoms with Crippen LogP contribution in [-0.2, 0) is 0 Å². The molecule has 1 aliphatic heterocycles. The summed E-state index contributed by atoms with van der Waals surface area (Å²) in [7, 11) is 0. The third-order valence-corrected chi connectivity index (χ3v) is 7.78. The fourth-order valence-corrected chi connectivity index (χ4v) is 5.82. The molecular formula is C30H29F2N7O. The topological polar surface area (TPSA) is 90.3 Å². The molecule has 4 heterocycles. The zero-order valence-corrected chi connectivity index (χ0v) is 21.9. The number of amides is 2. The average molecular weight is 542 g/mol. The van der Waals surface area contributed by atoms with Crippen molar-refractivity contribution in [2.75, 3.05) is 18.4 Å². The Bertz CT molecular complexity index is 1590. The molecule has 1 saturated carbocycles. The summed E-state index contributed by atoms with van der Waals surface area (Å²) in [5.74, 6) is -1.12. The second kappa shape index (κ2) is 10.9. The van der Waals surface area contributed by atoms with E-state index in [2.05, 4.69) is 30.4 Å². The van der Waals surface area contributed by atoms with Crippen LogP contribution in [0, 0.1) is 18.2 Å². The Morgan fingerprint density at radius 1 is 1.10 bits per heavy atom. The van der Waals surface area contributed by atoms with Crippen molar-refractivity contribution in [2.24, 2.45) is 0 Å². The zero-order valence-electron chi connectivity index (χ0n) is 21.9. The van der Waals surface area contributed by atoms with E-state index in [0.717, 1.165) is 51.4 Å². The van der Waals surface area contributed by atoms with Gasteiger partial charge in [-0.1, -0.05) is 30.3 Å². The number of nitrogens with one attached hydrogen (secondary N) is 3. The molecule has 6 rings (SSSR count). The van der Waals surface area contributed by atoms with E-state index in [1.165, 1.54) is 6.07 Å². The van der Waals surface area contributed by atoms with E-state index in [0.29, 0.717) is 28.6 Å². The predicted octanol–water partition coefficient (Wildman–Crippen LogP) is 6.65. The maximum Gasteiger partial charge on any atom is 0.317 e. The quantitative estimate of drug-likeness (QED) is 0.247. The molecule has 4 aromatic rings.